The summed E-state index contributed by atoms with van der Waals surface area (Å²) in [4.78, 5) is 0. The summed E-state index contributed by atoms with van der Waals surface area (Å²) in [5, 5.41) is 3.09. The smallest absolute Gasteiger partial charge is 0.168 e. The van der Waals surface area contributed by atoms with Crippen LogP contribution in [0.25, 0.3) is 5.57 Å². The second-order valence-corrected chi connectivity index (χ2v) is 9.80. The Hall–Kier alpha value is -2.37. The molecule has 1 nitrogen and oxygen atoms in total. The van der Waals surface area contributed by atoms with Crippen molar-refractivity contribution in [2.75, 3.05) is 0 Å². The molecule has 0 amide bonds. The molecule has 2 heteroatoms. The van der Waals surface area contributed by atoms with Gasteiger partial charge in [-0.2, -0.15) is 0 Å². The van der Waals surface area contributed by atoms with Crippen LogP contribution in [0, 0.1) is 5.92 Å². The molecule has 1 atom stereocenters. The van der Waals surface area contributed by atoms with E-state index in [0.717, 1.165) is 34.3 Å². The zero-order chi connectivity index (χ0) is 18.9. The van der Waals surface area contributed by atoms with Crippen LogP contribution in [0.3, 0.4) is 0 Å². The topological polar surface area (TPSA) is 17.1 Å². The Morgan fingerprint density at radius 1 is 0.741 bits per heavy atom. The quantitative estimate of drug-likeness (QED) is 0.487. The maximum Gasteiger partial charge on any atom is 0.168 e. The molecular weight excluding hydrogens is 347 g/mol. The summed E-state index contributed by atoms with van der Waals surface area (Å²) in [7, 11) is -2.85. The maximum absolute atomic E-state index is 14.9. The minimum atomic E-state index is -2.85. The molecule has 1 aliphatic rings. The van der Waals surface area contributed by atoms with E-state index in [0.29, 0.717) is 5.92 Å². The molecule has 0 bridgehead atoms. The first-order valence-corrected chi connectivity index (χ1v) is 11.5. The molecule has 0 aliphatic carbocycles. The van der Waals surface area contributed by atoms with Gasteiger partial charge in [0.05, 0.1) is 0 Å². The van der Waals surface area contributed by atoms with Gasteiger partial charge in [0.2, 0.25) is 0 Å². The fraction of sp³-hybridized carbons (Fsp3) is 0.200. The van der Waals surface area contributed by atoms with Crippen LogP contribution in [-0.2, 0) is 4.57 Å². The Kier molecular flexibility index (Phi) is 4.89. The monoisotopic (exact) mass is 372 g/mol. The predicted octanol–water partition coefficient (Wildman–Crippen LogP) is 6.21. The van der Waals surface area contributed by atoms with E-state index < -0.39 is 7.14 Å². The summed E-state index contributed by atoms with van der Waals surface area (Å²) < 4.78 is 14.9. The van der Waals surface area contributed by atoms with Crippen molar-refractivity contribution in [2.24, 2.45) is 5.92 Å². The van der Waals surface area contributed by atoms with Crippen LogP contribution in [-0.4, -0.2) is 0 Å². The molecule has 4 rings (SSSR count). The Balaban J connectivity index is 2.12. The van der Waals surface area contributed by atoms with E-state index in [2.05, 4.69) is 56.3 Å². The lowest BCUT2D eigenvalue weighted by Gasteiger charge is -2.25. The van der Waals surface area contributed by atoms with Crippen LogP contribution >= 0.6 is 7.14 Å². The Morgan fingerprint density at radius 2 is 1.30 bits per heavy atom. The predicted molar refractivity (Wildman–Crippen MR) is 116 cm³/mol. The first-order chi connectivity index (χ1) is 13.2. The van der Waals surface area contributed by atoms with Gasteiger partial charge in [-0.15, -0.1) is 0 Å². The highest BCUT2D eigenvalue weighted by Crippen LogP contribution is 2.64. The van der Waals surface area contributed by atoms with Gasteiger partial charge in [0.1, 0.15) is 0 Å². The highest BCUT2D eigenvalue weighted by molar-refractivity contribution is 7.83. The van der Waals surface area contributed by atoms with Crippen LogP contribution in [0.4, 0.5) is 0 Å². The molecule has 3 aromatic carbocycles. The minimum Gasteiger partial charge on any atom is -0.309 e. The molecule has 136 valence electrons. The fourth-order valence-electron chi connectivity index (χ4n) is 4.35. The zero-order valence-electron chi connectivity index (χ0n) is 15.9. The lowest BCUT2D eigenvalue weighted by Crippen LogP contribution is -2.18. The van der Waals surface area contributed by atoms with Crippen LogP contribution in [0.15, 0.2) is 90.2 Å². The van der Waals surface area contributed by atoms with Crippen molar-refractivity contribution in [2.45, 2.75) is 26.7 Å². The molecular formula is C25H25OP. The Bertz CT molecular complexity index is 1010. The van der Waals surface area contributed by atoms with E-state index in [1.54, 1.807) is 0 Å². The summed E-state index contributed by atoms with van der Waals surface area (Å²) in [6.07, 6.45) is 1.99. The van der Waals surface area contributed by atoms with E-state index in [1.165, 1.54) is 11.1 Å². The highest BCUT2D eigenvalue weighted by atomic mass is 31.2. The third-order valence-corrected chi connectivity index (χ3v) is 9.02. The van der Waals surface area contributed by atoms with Crippen molar-refractivity contribution in [1.29, 1.82) is 0 Å². The second-order valence-electron chi connectivity index (χ2n) is 7.10. The molecule has 1 aliphatic heterocycles. The van der Waals surface area contributed by atoms with Gasteiger partial charge in [0.15, 0.2) is 7.14 Å². The molecule has 0 spiro atoms. The molecule has 0 aromatic heterocycles. The molecule has 27 heavy (non-hydrogen) atoms. The second kappa shape index (κ2) is 7.33. The lowest BCUT2D eigenvalue weighted by molar-refractivity contribution is 0.566. The van der Waals surface area contributed by atoms with Crippen molar-refractivity contribution < 1.29 is 4.57 Å². The molecule has 0 saturated carbocycles. The summed E-state index contributed by atoms with van der Waals surface area (Å²) in [6, 6.07) is 28.8. The van der Waals surface area contributed by atoms with Crippen LogP contribution in [0.5, 0.6) is 0 Å². The largest absolute Gasteiger partial charge is 0.309 e. The van der Waals surface area contributed by atoms with Gasteiger partial charge in [-0.05, 0) is 35.5 Å². The molecule has 3 aromatic rings. The van der Waals surface area contributed by atoms with E-state index in [-0.39, 0.29) is 0 Å². The SMILES string of the molecule is CCC(CC)C1=C(c2ccccc2)c2ccccc2P1(=O)c1ccccc1. The Labute approximate surface area is 162 Å². The normalized spacial score (nSPS) is 18.8. The standard InChI is InChI=1S/C25H25OP/c1-3-19(4-2)25-24(20-13-7-5-8-14-20)22-17-11-12-18-23(22)27(25,26)21-15-9-6-10-16-21/h5-19H,3-4H2,1-2H3. The average Bonchev–Trinajstić information content (AvgIpc) is 3.01. The summed E-state index contributed by atoms with van der Waals surface area (Å²) >= 11 is 0. The van der Waals surface area contributed by atoms with Crippen molar-refractivity contribution in [3.63, 3.8) is 0 Å². The number of fused-ring (bicyclic) bond motifs is 1. The van der Waals surface area contributed by atoms with Gasteiger partial charge in [0, 0.05) is 15.9 Å². The van der Waals surface area contributed by atoms with E-state index >= 15 is 0 Å². The van der Waals surface area contributed by atoms with Gasteiger partial charge < -0.3 is 4.57 Å². The van der Waals surface area contributed by atoms with Crippen LogP contribution < -0.4 is 10.6 Å². The van der Waals surface area contributed by atoms with Crippen LogP contribution in [0.1, 0.15) is 37.8 Å². The van der Waals surface area contributed by atoms with Crippen LogP contribution in [0.2, 0.25) is 0 Å². The van der Waals surface area contributed by atoms with Gasteiger partial charge in [0.25, 0.3) is 0 Å². The van der Waals surface area contributed by atoms with Gasteiger partial charge in [-0.1, -0.05) is 98.8 Å². The number of rotatable bonds is 5. The number of hydrogen-bond donors (Lipinski definition) is 0. The summed E-state index contributed by atoms with van der Waals surface area (Å²) in [5.74, 6) is 0.304. The average molecular weight is 372 g/mol. The maximum atomic E-state index is 14.9. The molecule has 1 unspecified atom stereocenters. The molecule has 0 N–H and O–H groups in total. The third-order valence-electron chi connectivity index (χ3n) is 5.66. The number of hydrogen-bond acceptors (Lipinski definition) is 1. The van der Waals surface area contributed by atoms with E-state index in [4.69, 9.17) is 0 Å². The van der Waals surface area contributed by atoms with Gasteiger partial charge in [-0.25, -0.2) is 0 Å². The number of benzene rings is 3. The van der Waals surface area contributed by atoms with Crippen molar-refractivity contribution in [3.8, 4) is 0 Å². The summed E-state index contributed by atoms with van der Waals surface area (Å²) in [6.45, 7) is 4.42. The molecule has 0 radical (unpaired) electrons. The lowest BCUT2D eigenvalue weighted by atomic mass is 9.92. The summed E-state index contributed by atoms with van der Waals surface area (Å²) in [5.41, 5.74) is 3.49. The Morgan fingerprint density at radius 3 is 1.93 bits per heavy atom. The molecule has 0 fully saturated rings. The minimum absolute atomic E-state index is 0.304. The first-order valence-electron chi connectivity index (χ1n) is 9.77. The van der Waals surface area contributed by atoms with E-state index in [1.807, 2.05) is 42.5 Å². The zero-order valence-corrected chi connectivity index (χ0v) is 16.8. The van der Waals surface area contributed by atoms with Gasteiger partial charge in [-0.3, -0.25) is 0 Å². The van der Waals surface area contributed by atoms with E-state index in [9.17, 15) is 4.57 Å². The highest BCUT2D eigenvalue weighted by Gasteiger charge is 2.44. The molecule has 1 heterocycles. The first kappa shape index (κ1) is 18.0. The van der Waals surface area contributed by atoms with Crippen molar-refractivity contribution in [3.05, 3.63) is 101 Å². The van der Waals surface area contributed by atoms with Crippen molar-refractivity contribution in [1.82, 2.24) is 0 Å². The van der Waals surface area contributed by atoms with Crippen molar-refractivity contribution >= 4 is 23.3 Å². The molecule has 0 saturated heterocycles. The van der Waals surface area contributed by atoms with Gasteiger partial charge >= 0.3 is 0 Å². The fourth-order valence-corrected chi connectivity index (χ4v) is 8.02. The number of allylic oxidation sites excluding steroid dienone is 1. The third kappa shape index (κ3) is 2.82.